The molecule has 2 aromatic rings. The first-order chi connectivity index (χ1) is 10.3. The highest BCUT2D eigenvalue weighted by atomic mass is 15.3. The van der Waals surface area contributed by atoms with E-state index in [0.717, 1.165) is 25.2 Å². The lowest BCUT2D eigenvalue weighted by Crippen LogP contribution is -2.11. The molecule has 0 radical (unpaired) electrons. The zero-order valence-corrected chi connectivity index (χ0v) is 12.8. The number of para-hydroxylation sites is 1. The Bertz CT molecular complexity index is 560. The van der Waals surface area contributed by atoms with Gasteiger partial charge < -0.3 is 16.0 Å². The van der Waals surface area contributed by atoms with Crippen molar-refractivity contribution in [3.8, 4) is 0 Å². The number of aryl methyl sites for hydroxylation is 1. The molecule has 0 aliphatic carbocycles. The van der Waals surface area contributed by atoms with Crippen molar-refractivity contribution in [3.05, 3.63) is 29.8 Å². The fraction of sp³-hybridized carbons (Fsp3) is 0.400. The Kier molecular flexibility index (Phi) is 5.31. The average molecular weight is 286 g/mol. The first-order valence-corrected chi connectivity index (χ1v) is 7.35. The van der Waals surface area contributed by atoms with Gasteiger partial charge in [0.25, 0.3) is 0 Å². The Labute approximate surface area is 125 Å². The van der Waals surface area contributed by atoms with Crippen molar-refractivity contribution in [1.29, 1.82) is 0 Å². The molecule has 1 aromatic heterocycles. The molecular weight excluding hydrogens is 264 g/mol. The van der Waals surface area contributed by atoms with Crippen LogP contribution in [0.2, 0.25) is 0 Å². The van der Waals surface area contributed by atoms with Crippen molar-refractivity contribution in [1.82, 2.24) is 15.0 Å². The second kappa shape index (κ2) is 7.42. The van der Waals surface area contributed by atoms with Crippen molar-refractivity contribution in [2.24, 2.45) is 0 Å². The maximum Gasteiger partial charge on any atom is 0.233 e. The predicted molar refractivity (Wildman–Crippen MR) is 87.3 cm³/mol. The zero-order chi connectivity index (χ0) is 15.1. The van der Waals surface area contributed by atoms with Crippen molar-refractivity contribution >= 4 is 23.5 Å². The van der Waals surface area contributed by atoms with E-state index >= 15 is 0 Å². The van der Waals surface area contributed by atoms with Gasteiger partial charge in [-0.2, -0.15) is 15.0 Å². The van der Waals surface area contributed by atoms with Crippen molar-refractivity contribution in [3.63, 3.8) is 0 Å². The van der Waals surface area contributed by atoms with Crippen LogP contribution in [0.1, 0.15) is 26.3 Å². The van der Waals surface area contributed by atoms with Crippen LogP contribution < -0.4 is 16.0 Å². The summed E-state index contributed by atoms with van der Waals surface area (Å²) in [6, 6.07) is 8.16. The second-order valence-corrected chi connectivity index (χ2v) is 4.50. The number of aromatic nitrogens is 3. The molecule has 2 rings (SSSR count). The number of benzene rings is 1. The quantitative estimate of drug-likeness (QED) is 0.726. The van der Waals surface area contributed by atoms with E-state index in [9.17, 15) is 0 Å². The molecule has 21 heavy (non-hydrogen) atoms. The molecule has 6 nitrogen and oxygen atoms in total. The Balaban J connectivity index is 2.29. The van der Waals surface area contributed by atoms with Crippen molar-refractivity contribution < 1.29 is 0 Å². The monoisotopic (exact) mass is 286 g/mol. The number of nitrogens with zero attached hydrogens (tertiary/aromatic N) is 3. The Morgan fingerprint density at radius 2 is 1.38 bits per heavy atom. The summed E-state index contributed by atoms with van der Waals surface area (Å²) in [7, 11) is 0. The Morgan fingerprint density at radius 1 is 0.810 bits per heavy atom. The van der Waals surface area contributed by atoms with Gasteiger partial charge in [-0.3, -0.25) is 0 Å². The Hall–Kier alpha value is -2.37. The van der Waals surface area contributed by atoms with E-state index in [-0.39, 0.29) is 0 Å². The smallest absolute Gasteiger partial charge is 0.233 e. The zero-order valence-electron chi connectivity index (χ0n) is 12.8. The van der Waals surface area contributed by atoms with Crippen LogP contribution in [-0.4, -0.2) is 28.0 Å². The van der Waals surface area contributed by atoms with Crippen LogP contribution in [0.15, 0.2) is 24.3 Å². The van der Waals surface area contributed by atoms with Gasteiger partial charge in [0.1, 0.15) is 0 Å². The van der Waals surface area contributed by atoms with Crippen LogP contribution in [0.4, 0.5) is 23.5 Å². The van der Waals surface area contributed by atoms with Gasteiger partial charge in [-0.1, -0.05) is 25.1 Å². The minimum absolute atomic E-state index is 0.540. The number of anilines is 4. The molecule has 3 N–H and O–H groups in total. The molecule has 6 heteroatoms. The standard InChI is InChI=1S/C15H22N6/c1-4-11-9-7-8-10-12(11)18-15-20-13(16-5-2)19-14(21-15)17-6-3/h7-10H,4-6H2,1-3H3,(H3,16,17,18,19,20,21). The molecule has 0 amide bonds. The number of rotatable bonds is 7. The van der Waals surface area contributed by atoms with Gasteiger partial charge in [0.2, 0.25) is 17.8 Å². The summed E-state index contributed by atoms with van der Waals surface area (Å²) in [5.74, 6) is 1.68. The molecule has 0 unspecified atom stereocenters. The fourth-order valence-corrected chi connectivity index (χ4v) is 1.98. The molecular formula is C15H22N6. The lowest BCUT2D eigenvalue weighted by molar-refractivity contribution is 1.00. The minimum Gasteiger partial charge on any atom is -0.354 e. The first kappa shape index (κ1) is 15.0. The largest absolute Gasteiger partial charge is 0.354 e. The molecule has 0 atom stereocenters. The average Bonchev–Trinajstić information content (AvgIpc) is 2.48. The van der Waals surface area contributed by atoms with Crippen LogP contribution >= 0.6 is 0 Å². The lowest BCUT2D eigenvalue weighted by atomic mass is 10.1. The van der Waals surface area contributed by atoms with E-state index in [1.165, 1.54) is 5.56 Å². The van der Waals surface area contributed by atoms with Gasteiger partial charge in [-0.25, -0.2) is 0 Å². The van der Waals surface area contributed by atoms with E-state index in [1.54, 1.807) is 0 Å². The van der Waals surface area contributed by atoms with E-state index in [1.807, 2.05) is 32.0 Å². The fourth-order valence-electron chi connectivity index (χ4n) is 1.98. The minimum atomic E-state index is 0.540. The van der Waals surface area contributed by atoms with Crippen molar-refractivity contribution in [2.75, 3.05) is 29.0 Å². The molecule has 1 heterocycles. The number of nitrogens with one attached hydrogen (secondary N) is 3. The summed E-state index contributed by atoms with van der Waals surface area (Å²) in [4.78, 5) is 13.1. The Morgan fingerprint density at radius 3 is 1.95 bits per heavy atom. The van der Waals surface area contributed by atoms with Gasteiger partial charge in [0.05, 0.1) is 0 Å². The summed E-state index contributed by atoms with van der Waals surface area (Å²) in [5.41, 5.74) is 2.25. The van der Waals surface area contributed by atoms with Crippen LogP contribution in [0.5, 0.6) is 0 Å². The number of hydrogen-bond donors (Lipinski definition) is 3. The maximum absolute atomic E-state index is 4.39. The van der Waals surface area contributed by atoms with E-state index in [2.05, 4.69) is 43.9 Å². The van der Waals surface area contributed by atoms with E-state index in [0.29, 0.717) is 17.8 Å². The second-order valence-electron chi connectivity index (χ2n) is 4.50. The third kappa shape index (κ3) is 4.05. The molecule has 0 saturated carbocycles. The highest BCUT2D eigenvalue weighted by Gasteiger charge is 2.07. The van der Waals surface area contributed by atoms with Crippen LogP contribution in [0, 0.1) is 0 Å². The summed E-state index contributed by atoms with van der Waals surface area (Å²) in [6.07, 6.45) is 0.953. The normalized spacial score (nSPS) is 10.2. The third-order valence-corrected chi connectivity index (χ3v) is 2.95. The summed E-state index contributed by atoms with van der Waals surface area (Å²) < 4.78 is 0. The maximum atomic E-state index is 4.39. The molecule has 1 aromatic carbocycles. The van der Waals surface area contributed by atoms with Crippen LogP contribution in [0.3, 0.4) is 0 Å². The molecule has 0 aliphatic rings. The van der Waals surface area contributed by atoms with Crippen LogP contribution in [-0.2, 0) is 6.42 Å². The molecule has 0 aliphatic heterocycles. The topological polar surface area (TPSA) is 74.8 Å². The SMILES string of the molecule is CCNc1nc(NCC)nc(Nc2ccccc2CC)n1. The molecule has 112 valence electrons. The summed E-state index contributed by atoms with van der Waals surface area (Å²) in [5, 5.41) is 9.52. The summed E-state index contributed by atoms with van der Waals surface area (Å²) >= 11 is 0. The highest BCUT2D eigenvalue weighted by Crippen LogP contribution is 2.20. The molecule has 0 saturated heterocycles. The molecule has 0 spiro atoms. The molecule has 0 bridgehead atoms. The predicted octanol–water partition coefficient (Wildman–Crippen LogP) is 3.04. The third-order valence-electron chi connectivity index (χ3n) is 2.95. The van der Waals surface area contributed by atoms with Gasteiger partial charge in [0.15, 0.2) is 0 Å². The summed E-state index contributed by atoms with van der Waals surface area (Å²) in [6.45, 7) is 7.68. The van der Waals surface area contributed by atoms with Gasteiger partial charge >= 0.3 is 0 Å². The highest BCUT2D eigenvalue weighted by molar-refractivity contribution is 5.59. The van der Waals surface area contributed by atoms with Gasteiger partial charge in [0, 0.05) is 18.8 Å². The molecule has 0 fully saturated rings. The van der Waals surface area contributed by atoms with Crippen LogP contribution in [0.25, 0.3) is 0 Å². The van der Waals surface area contributed by atoms with E-state index < -0.39 is 0 Å². The lowest BCUT2D eigenvalue weighted by Gasteiger charge is -2.12. The van der Waals surface area contributed by atoms with E-state index in [4.69, 9.17) is 0 Å². The number of hydrogen-bond acceptors (Lipinski definition) is 6. The van der Waals surface area contributed by atoms with Gasteiger partial charge in [-0.15, -0.1) is 0 Å². The van der Waals surface area contributed by atoms with Crippen molar-refractivity contribution in [2.45, 2.75) is 27.2 Å². The first-order valence-electron chi connectivity index (χ1n) is 7.35. The van der Waals surface area contributed by atoms with Gasteiger partial charge in [-0.05, 0) is 31.9 Å².